The highest BCUT2D eigenvalue weighted by Crippen LogP contribution is 2.14. The van der Waals surface area contributed by atoms with E-state index in [1.54, 1.807) is 0 Å². The lowest BCUT2D eigenvalue weighted by atomic mass is 10.3. The fourth-order valence-corrected chi connectivity index (χ4v) is 1.19. The molecule has 1 rings (SSSR count). The molecule has 0 aliphatic rings. The van der Waals surface area contributed by atoms with Gasteiger partial charge >= 0.3 is 0 Å². The van der Waals surface area contributed by atoms with Gasteiger partial charge in [-0.05, 0) is 6.07 Å². The average Bonchev–Trinajstić information content (AvgIpc) is 2.04. The summed E-state index contributed by atoms with van der Waals surface area (Å²) in [6, 6.07) is 2.59. The summed E-state index contributed by atoms with van der Waals surface area (Å²) in [6.07, 6.45) is -2.62. The molecule has 0 spiro atoms. The van der Waals surface area contributed by atoms with Crippen molar-refractivity contribution < 1.29 is 8.78 Å². The summed E-state index contributed by atoms with van der Waals surface area (Å²) in [5.41, 5.74) is -0.367. The highest BCUT2D eigenvalue weighted by atomic mass is 79.9. The van der Waals surface area contributed by atoms with E-state index in [1.165, 1.54) is 12.1 Å². The summed E-state index contributed by atoms with van der Waals surface area (Å²) in [7, 11) is 0. The first-order valence-corrected chi connectivity index (χ1v) is 4.33. The third kappa shape index (κ3) is 1.91. The Morgan fingerprint density at radius 2 is 2.17 bits per heavy atom. The zero-order valence-corrected chi connectivity index (χ0v) is 7.57. The molecule has 0 fully saturated rings. The van der Waals surface area contributed by atoms with E-state index >= 15 is 0 Å². The molecule has 66 valence electrons. The number of hydrogen-bond donors (Lipinski definition) is 1. The van der Waals surface area contributed by atoms with Crippen molar-refractivity contribution >= 4 is 15.9 Å². The van der Waals surface area contributed by atoms with Crippen LogP contribution in [0.15, 0.2) is 16.9 Å². The second kappa shape index (κ2) is 3.80. The predicted molar refractivity (Wildman–Crippen MR) is 44.7 cm³/mol. The third-order valence-corrected chi connectivity index (χ3v) is 2.00. The molecule has 1 N–H and O–H groups in total. The van der Waals surface area contributed by atoms with Crippen LogP contribution in [-0.2, 0) is 5.33 Å². The Bertz CT molecular complexity index is 323. The molecular weight excluding hydrogens is 232 g/mol. The van der Waals surface area contributed by atoms with Crippen LogP contribution in [0.3, 0.4) is 0 Å². The Hall–Kier alpha value is -0.710. The van der Waals surface area contributed by atoms with E-state index in [0.29, 0.717) is 10.9 Å². The summed E-state index contributed by atoms with van der Waals surface area (Å²) in [5.74, 6) is 0. The number of nitrogens with one attached hydrogen (secondary N) is 1. The van der Waals surface area contributed by atoms with Crippen molar-refractivity contribution in [3.05, 3.63) is 33.7 Å². The molecule has 1 aromatic rings. The lowest BCUT2D eigenvalue weighted by Gasteiger charge is -1.99. The van der Waals surface area contributed by atoms with Gasteiger partial charge in [0.1, 0.15) is 0 Å². The van der Waals surface area contributed by atoms with E-state index < -0.39 is 12.0 Å². The molecule has 0 unspecified atom stereocenters. The molecule has 1 aromatic heterocycles. The van der Waals surface area contributed by atoms with Crippen molar-refractivity contribution in [2.24, 2.45) is 0 Å². The van der Waals surface area contributed by atoms with Gasteiger partial charge in [0.2, 0.25) is 0 Å². The second-order valence-corrected chi connectivity index (χ2v) is 2.76. The Labute approximate surface area is 75.7 Å². The largest absolute Gasteiger partial charge is 0.321 e. The van der Waals surface area contributed by atoms with Crippen LogP contribution in [0.5, 0.6) is 0 Å². The van der Waals surface area contributed by atoms with Gasteiger partial charge in [-0.1, -0.05) is 22.0 Å². The number of alkyl halides is 3. The minimum atomic E-state index is -2.62. The van der Waals surface area contributed by atoms with Gasteiger partial charge in [0.05, 0.1) is 5.69 Å². The van der Waals surface area contributed by atoms with Crippen LogP contribution < -0.4 is 5.56 Å². The Morgan fingerprint density at radius 3 is 2.58 bits per heavy atom. The van der Waals surface area contributed by atoms with Crippen LogP contribution in [0.4, 0.5) is 8.78 Å². The van der Waals surface area contributed by atoms with Gasteiger partial charge in [-0.3, -0.25) is 4.79 Å². The van der Waals surface area contributed by atoms with E-state index in [2.05, 4.69) is 20.9 Å². The van der Waals surface area contributed by atoms with Gasteiger partial charge in [-0.15, -0.1) is 0 Å². The van der Waals surface area contributed by atoms with Crippen molar-refractivity contribution in [2.45, 2.75) is 11.8 Å². The Morgan fingerprint density at radius 1 is 1.50 bits per heavy atom. The molecule has 0 aliphatic carbocycles. The first-order chi connectivity index (χ1) is 5.65. The van der Waals surface area contributed by atoms with Crippen LogP contribution in [0, 0.1) is 0 Å². The maximum atomic E-state index is 12.0. The fourth-order valence-electron chi connectivity index (χ4n) is 0.752. The van der Waals surface area contributed by atoms with E-state index in [4.69, 9.17) is 0 Å². The molecule has 0 radical (unpaired) electrons. The molecule has 2 nitrogen and oxygen atoms in total. The Balaban J connectivity index is 3.11. The number of hydrogen-bond acceptors (Lipinski definition) is 1. The lowest BCUT2D eigenvalue weighted by molar-refractivity contribution is 0.146. The number of pyridine rings is 1. The molecular formula is C7H6BrF2NO. The number of aromatic amines is 1. The van der Waals surface area contributed by atoms with E-state index in [0.717, 1.165) is 0 Å². The topological polar surface area (TPSA) is 32.9 Å². The van der Waals surface area contributed by atoms with Crippen molar-refractivity contribution in [3.63, 3.8) is 0 Å². The van der Waals surface area contributed by atoms with Gasteiger partial charge < -0.3 is 4.98 Å². The van der Waals surface area contributed by atoms with Crippen LogP contribution in [0.1, 0.15) is 17.7 Å². The standard InChI is InChI=1S/C7H6BrF2NO/c8-3-4-1-2-5(6(9)10)11-7(4)12/h1-2,6H,3H2,(H,11,12). The lowest BCUT2D eigenvalue weighted by Crippen LogP contribution is -2.12. The predicted octanol–water partition coefficient (Wildman–Crippen LogP) is 2.21. The third-order valence-electron chi connectivity index (χ3n) is 1.39. The number of halogens is 3. The molecule has 0 saturated carbocycles. The number of H-pyrrole nitrogens is 1. The van der Waals surface area contributed by atoms with Crippen molar-refractivity contribution in [3.8, 4) is 0 Å². The van der Waals surface area contributed by atoms with Crippen LogP contribution in [-0.4, -0.2) is 4.98 Å². The molecule has 0 aromatic carbocycles. The van der Waals surface area contributed by atoms with Gasteiger partial charge in [0.25, 0.3) is 12.0 Å². The quantitative estimate of drug-likeness (QED) is 0.787. The van der Waals surface area contributed by atoms with Gasteiger partial charge in [-0.2, -0.15) is 0 Å². The van der Waals surface area contributed by atoms with Crippen molar-refractivity contribution in [2.75, 3.05) is 0 Å². The molecule has 5 heteroatoms. The van der Waals surface area contributed by atoms with E-state index in [-0.39, 0.29) is 5.69 Å². The second-order valence-electron chi connectivity index (χ2n) is 2.20. The first-order valence-electron chi connectivity index (χ1n) is 3.21. The fraction of sp³-hybridized carbons (Fsp3) is 0.286. The zero-order chi connectivity index (χ0) is 9.14. The smallest absolute Gasteiger partial charge is 0.278 e. The van der Waals surface area contributed by atoms with Crippen LogP contribution >= 0.6 is 15.9 Å². The molecule has 12 heavy (non-hydrogen) atoms. The van der Waals surface area contributed by atoms with E-state index in [1.807, 2.05) is 0 Å². The summed E-state index contributed by atoms with van der Waals surface area (Å²) in [6.45, 7) is 0. The normalized spacial score (nSPS) is 10.7. The SMILES string of the molecule is O=c1[nH]c(C(F)F)ccc1CBr. The molecule has 1 heterocycles. The van der Waals surface area contributed by atoms with Gasteiger partial charge in [-0.25, -0.2) is 8.78 Å². The highest BCUT2D eigenvalue weighted by molar-refractivity contribution is 9.08. The van der Waals surface area contributed by atoms with E-state index in [9.17, 15) is 13.6 Å². The molecule has 0 bridgehead atoms. The maximum absolute atomic E-state index is 12.0. The molecule has 0 saturated heterocycles. The number of rotatable bonds is 2. The van der Waals surface area contributed by atoms with Crippen molar-refractivity contribution in [1.29, 1.82) is 0 Å². The Kier molecular flexibility index (Phi) is 2.97. The highest BCUT2D eigenvalue weighted by Gasteiger charge is 2.08. The summed E-state index contributed by atoms with van der Waals surface area (Å²) < 4.78 is 24.0. The first kappa shape index (κ1) is 9.38. The zero-order valence-electron chi connectivity index (χ0n) is 5.98. The van der Waals surface area contributed by atoms with Crippen molar-refractivity contribution in [1.82, 2.24) is 4.98 Å². The molecule has 0 atom stereocenters. The summed E-state index contributed by atoms with van der Waals surface area (Å²) in [4.78, 5) is 13.0. The minimum absolute atomic E-state index is 0.343. The minimum Gasteiger partial charge on any atom is -0.321 e. The maximum Gasteiger partial charge on any atom is 0.278 e. The summed E-state index contributed by atoms with van der Waals surface area (Å²) in [5, 5.41) is 0.367. The molecule has 0 aliphatic heterocycles. The number of aromatic nitrogens is 1. The van der Waals surface area contributed by atoms with Gasteiger partial charge in [0.15, 0.2) is 0 Å². The molecule has 0 amide bonds. The monoisotopic (exact) mass is 237 g/mol. The van der Waals surface area contributed by atoms with Gasteiger partial charge in [0, 0.05) is 10.9 Å². The summed E-state index contributed by atoms with van der Waals surface area (Å²) >= 11 is 3.06. The van der Waals surface area contributed by atoms with Crippen LogP contribution in [0.2, 0.25) is 0 Å². The van der Waals surface area contributed by atoms with Crippen LogP contribution in [0.25, 0.3) is 0 Å². The average molecular weight is 238 g/mol.